The van der Waals surface area contributed by atoms with E-state index in [-0.39, 0.29) is 0 Å². The van der Waals surface area contributed by atoms with Gasteiger partial charge in [0.2, 0.25) is 0 Å². The normalized spacial score (nSPS) is 10.0. The van der Waals surface area contributed by atoms with E-state index in [0.717, 1.165) is 21.8 Å². The molecule has 0 aliphatic carbocycles. The summed E-state index contributed by atoms with van der Waals surface area (Å²) in [5.74, 6) is 0. The van der Waals surface area contributed by atoms with Crippen LogP contribution in [0.15, 0.2) is 41.3 Å². The van der Waals surface area contributed by atoms with Crippen LogP contribution >= 0.6 is 23.4 Å². The fraction of sp³-hybridized carbons (Fsp3) is 0.133. The van der Waals surface area contributed by atoms with E-state index >= 15 is 0 Å². The van der Waals surface area contributed by atoms with Gasteiger partial charge in [0, 0.05) is 15.6 Å². The highest BCUT2D eigenvalue weighted by molar-refractivity contribution is 7.98. The lowest BCUT2D eigenvalue weighted by molar-refractivity contribution is 1.35. The van der Waals surface area contributed by atoms with Gasteiger partial charge in [-0.3, -0.25) is 0 Å². The van der Waals surface area contributed by atoms with Crippen molar-refractivity contribution in [1.29, 1.82) is 5.26 Å². The topological polar surface area (TPSA) is 35.8 Å². The Bertz CT molecular complexity index is 647. The maximum Gasteiger partial charge on any atom is 0.103 e. The van der Waals surface area contributed by atoms with Crippen LogP contribution in [0.2, 0.25) is 5.02 Å². The fourth-order valence-corrected chi connectivity index (χ4v) is 2.54. The van der Waals surface area contributed by atoms with Crippen molar-refractivity contribution in [2.24, 2.45) is 0 Å². The molecule has 0 bridgehead atoms. The lowest BCUT2D eigenvalue weighted by Crippen LogP contribution is -1.97. The van der Waals surface area contributed by atoms with Crippen LogP contribution < -0.4 is 5.32 Å². The molecule has 2 aromatic rings. The zero-order valence-corrected chi connectivity index (χ0v) is 12.3. The molecule has 0 spiro atoms. The summed E-state index contributed by atoms with van der Waals surface area (Å²) >= 11 is 7.57. The third kappa shape index (κ3) is 3.04. The highest BCUT2D eigenvalue weighted by atomic mass is 35.5. The number of nitriles is 1. The van der Waals surface area contributed by atoms with Crippen molar-refractivity contribution in [2.45, 2.75) is 11.8 Å². The summed E-state index contributed by atoms with van der Waals surface area (Å²) in [4.78, 5) is 0.965. The van der Waals surface area contributed by atoms with Gasteiger partial charge in [0.25, 0.3) is 0 Å². The predicted octanol–water partition coefficient (Wildman–Crippen LogP) is 4.99. The molecule has 19 heavy (non-hydrogen) atoms. The molecule has 0 aliphatic heterocycles. The molecule has 0 amide bonds. The van der Waals surface area contributed by atoms with Gasteiger partial charge in [-0.2, -0.15) is 5.26 Å². The largest absolute Gasteiger partial charge is 0.354 e. The van der Waals surface area contributed by atoms with E-state index in [0.29, 0.717) is 10.6 Å². The van der Waals surface area contributed by atoms with E-state index in [4.69, 9.17) is 11.6 Å². The zero-order valence-electron chi connectivity index (χ0n) is 10.7. The number of nitrogens with one attached hydrogen (secondary N) is 1. The molecule has 0 saturated heterocycles. The first-order chi connectivity index (χ1) is 9.15. The Labute approximate surface area is 122 Å². The van der Waals surface area contributed by atoms with Crippen LogP contribution in [0.3, 0.4) is 0 Å². The summed E-state index contributed by atoms with van der Waals surface area (Å²) in [6.07, 6.45) is 1.96. The Balaban J connectivity index is 2.44. The van der Waals surface area contributed by atoms with Gasteiger partial charge in [-0.05, 0) is 43.0 Å². The first kappa shape index (κ1) is 13.8. The fourth-order valence-electron chi connectivity index (χ4n) is 1.79. The molecule has 0 fully saturated rings. The Morgan fingerprint density at radius 3 is 2.68 bits per heavy atom. The molecule has 0 aromatic heterocycles. The molecular formula is C15H13ClN2S. The molecule has 0 unspecified atom stereocenters. The van der Waals surface area contributed by atoms with Crippen molar-refractivity contribution < 1.29 is 0 Å². The van der Waals surface area contributed by atoms with Crippen molar-refractivity contribution in [3.63, 3.8) is 0 Å². The Kier molecular flexibility index (Phi) is 4.36. The van der Waals surface area contributed by atoms with Crippen molar-refractivity contribution >= 4 is 34.7 Å². The van der Waals surface area contributed by atoms with Gasteiger partial charge in [0.05, 0.1) is 11.3 Å². The lowest BCUT2D eigenvalue weighted by Gasteiger charge is -2.13. The molecule has 0 aliphatic rings. The second-order valence-electron chi connectivity index (χ2n) is 4.08. The summed E-state index contributed by atoms with van der Waals surface area (Å²) in [6.45, 7) is 2.00. The third-order valence-corrected chi connectivity index (χ3v) is 3.84. The van der Waals surface area contributed by atoms with Crippen molar-refractivity contribution in [3.05, 3.63) is 52.5 Å². The van der Waals surface area contributed by atoms with Gasteiger partial charge in [-0.1, -0.05) is 23.7 Å². The Morgan fingerprint density at radius 2 is 2.00 bits per heavy atom. The molecule has 0 heterocycles. The predicted molar refractivity (Wildman–Crippen MR) is 82.4 cm³/mol. The van der Waals surface area contributed by atoms with E-state index in [1.54, 1.807) is 11.8 Å². The minimum atomic E-state index is 0.661. The third-order valence-electron chi connectivity index (χ3n) is 2.83. The van der Waals surface area contributed by atoms with Crippen molar-refractivity contribution in [1.82, 2.24) is 0 Å². The van der Waals surface area contributed by atoms with E-state index in [9.17, 15) is 5.26 Å². The van der Waals surface area contributed by atoms with Gasteiger partial charge < -0.3 is 5.32 Å². The summed E-state index contributed by atoms with van der Waals surface area (Å²) in [6, 6.07) is 13.7. The summed E-state index contributed by atoms with van der Waals surface area (Å²) in [7, 11) is 0. The van der Waals surface area contributed by atoms with Crippen molar-refractivity contribution in [2.75, 3.05) is 11.6 Å². The standard InChI is InChI=1S/C15H13ClN2S/c1-10-6-7-11(16)8-14(10)18-13-4-3-5-15(19-2)12(13)9-17/h3-8,18H,1-2H3. The second kappa shape index (κ2) is 6.01. The highest BCUT2D eigenvalue weighted by Crippen LogP contribution is 2.30. The van der Waals surface area contributed by atoms with Crippen LogP contribution in [0.1, 0.15) is 11.1 Å². The van der Waals surface area contributed by atoms with Crippen LogP contribution in [-0.4, -0.2) is 6.26 Å². The highest BCUT2D eigenvalue weighted by Gasteiger charge is 2.08. The van der Waals surface area contributed by atoms with Gasteiger partial charge in [0.15, 0.2) is 0 Å². The number of rotatable bonds is 3. The smallest absolute Gasteiger partial charge is 0.103 e. The summed E-state index contributed by atoms with van der Waals surface area (Å²) in [5, 5.41) is 13.3. The number of hydrogen-bond acceptors (Lipinski definition) is 3. The second-order valence-corrected chi connectivity index (χ2v) is 5.36. The minimum absolute atomic E-state index is 0.661. The molecular weight excluding hydrogens is 276 g/mol. The molecule has 96 valence electrons. The first-order valence-corrected chi connectivity index (χ1v) is 7.36. The van der Waals surface area contributed by atoms with E-state index in [2.05, 4.69) is 11.4 Å². The molecule has 2 nitrogen and oxygen atoms in total. The summed E-state index contributed by atoms with van der Waals surface area (Å²) < 4.78 is 0. The average Bonchev–Trinajstić information content (AvgIpc) is 2.42. The maximum absolute atomic E-state index is 9.30. The van der Waals surface area contributed by atoms with Gasteiger partial charge in [-0.15, -0.1) is 11.8 Å². The minimum Gasteiger partial charge on any atom is -0.354 e. The Morgan fingerprint density at radius 1 is 1.21 bits per heavy atom. The van der Waals surface area contributed by atoms with E-state index in [1.807, 2.05) is 49.6 Å². The summed E-state index contributed by atoms with van der Waals surface area (Å²) in [5.41, 5.74) is 3.47. The lowest BCUT2D eigenvalue weighted by atomic mass is 10.1. The van der Waals surface area contributed by atoms with Crippen LogP contribution in [0.25, 0.3) is 0 Å². The molecule has 2 rings (SSSR count). The van der Waals surface area contributed by atoms with Crippen LogP contribution in [0.4, 0.5) is 11.4 Å². The number of aryl methyl sites for hydroxylation is 1. The number of hydrogen-bond donors (Lipinski definition) is 1. The van der Waals surface area contributed by atoms with Gasteiger partial charge in [-0.25, -0.2) is 0 Å². The quantitative estimate of drug-likeness (QED) is 0.809. The monoisotopic (exact) mass is 288 g/mol. The molecule has 0 saturated carbocycles. The maximum atomic E-state index is 9.30. The number of benzene rings is 2. The number of halogens is 1. The zero-order chi connectivity index (χ0) is 13.8. The Hall–Kier alpha value is -1.63. The molecule has 4 heteroatoms. The molecule has 2 aromatic carbocycles. The van der Waals surface area contributed by atoms with Crippen molar-refractivity contribution in [3.8, 4) is 6.07 Å². The van der Waals surface area contributed by atoms with Gasteiger partial charge in [0.1, 0.15) is 6.07 Å². The first-order valence-electron chi connectivity index (χ1n) is 5.76. The molecule has 0 atom stereocenters. The number of nitrogens with zero attached hydrogens (tertiary/aromatic N) is 1. The number of thioether (sulfide) groups is 1. The SMILES string of the molecule is CSc1cccc(Nc2cc(Cl)ccc2C)c1C#N. The van der Waals surface area contributed by atoms with Crippen LogP contribution in [0, 0.1) is 18.3 Å². The number of anilines is 2. The van der Waals surface area contributed by atoms with Gasteiger partial charge >= 0.3 is 0 Å². The van der Waals surface area contributed by atoms with Crippen LogP contribution in [-0.2, 0) is 0 Å². The van der Waals surface area contributed by atoms with E-state index in [1.165, 1.54) is 0 Å². The average molecular weight is 289 g/mol. The molecule has 1 N–H and O–H groups in total. The van der Waals surface area contributed by atoms with Crippen LogP contribution in [0.5, 0.6) is 0 Å². The van der Waals surface area contributed by atoms with E-state index < -0.39 is 0 Å². The molecule has 0 radical (unpaired) electrons.